The van der Waals surface area contributed by atoms with Crippen LogP contribution in [0, 0.1) is 0 Å². The van der Waals surface area contributed by atoms with Gasteiger partial charge in [-0.05, 0) is 56.4 Å². The van der Waals surface area contributed by atoms with Crippen molar-refractivity contribution in [3.63, 3.8) is 0 Å². The summed E-state index contributed by atoms with van der Waals surface area (Å²) in [6, 6.07) is 17.5. The van der Waals surface area contributed by atoms with Gasteiger partial charge in [-0.3, -0.25) is 0 Å². The largest absolute Gasteiger partial charge is 0.492 e. The zero-order chi connectivity index (χ0) is 21.8. The fraction of sp³-hybridized carbons (Fsp3) is 0.348. The SMILES string of the molecule is CC1(C)OB(C(=Cc2ccc(Br)cc2)CNC(=O)OCc2ccccc2)OC1(C)C. The molecule has 1 amide bonds. The molecule has 3 rings (SSSR count). The lowest BCUT2D eigenvalue weighted by Gasteiger charge is -2.32. The van der Waals surface area contributed by atoms with Crippen molar-refractivity contribution in [3.8, 4) is 0 Å². The van der Waals surface area contributed by atoms with Gasteiger partial charge in [0.2, 0.25) is 0 Å². The van der Waals surface area contributed by atoms with Gasteiger partial charge < -0.3 is 19.4 Å². The van der Waals surface area contributed by atoms with Crippen LogP contribution in [0.5, 0.6) is 0 Å². The van der Waals surface area contributed by atoms with Crippen molar-refractivity contribution in [1.29, 1.82) is 0 Å². The van der Waals surface area contributed by atoms with Gasteiger partial charge in [-0.15, -0.1) is 0 Å². The fourth-order valence-electron chi connectivity index (χ4n) is 2.92. The molecule has 1 fully saturated rings. The molecular formula is C23H27BBrNO4. The highest BCUT2D eigenvalue weighted by molar-refractivity contribution is 9.10. The molecular weight excluding hydrogens is 445 g/mol. The maximum Gasteiger partial charge on any atom is 0.492 e. The van der Waals surface area contributed by atoms with E-state index in [4.69, 9.17) is 14.0 Å². The lowest BCUT2D eigenvalue weighted by Crippen LogP contribution is -2.41. The lowest BCUT2D eigenvalue weighted by molar-refractivity contribution is 0.00578. The third-order valence-corrected chi connectivity index (χ3v) is 5.96. The highest BCUT2D eigenvalue weighted by atomic mass is 79.9. The summed E-state index contributed by atoms with van der Waals surface area (Å²) >= 11 is 3.45. The molecule has 2 aromatic carbocycles. The van der Waals surface area contributed by atoms with E-state index in [1.54, 1.807) is 0 Å². The minimum atomic E-state index is -0.562. The van der Waals surface area contributed by atoms with E-state index in [1.165, 1.54) is 0 Å². The number of halogens is 1. The Kier molecular flexibility index (Phi) is 7.06. The number of rotatable bonds is 6. The number of hydrogen-bond acceptors (Lipinski definition) is 4. The summed E-state index contributed by atoms with van der Waals surface area (Å²) in [5.74, 6) is 0. The molecule has 1 aliphatic heterocycles. The third-order valence-electron chi connectivity index (χ3n) is 5.43. The number of benzene rings is 2. The molecule has 1 heterocycles. The van der Waals surface area contributed by atoms with E-state index >= 15 is 0 Å². The third kappa shape index (κ3) is 5.75. The van der Waals surface area contributed by atoms with Crippen LogP contribution in [0.15, 0.2) is 64.5 Å². The van der Waals surface area contributed by atoms with Gasteiger partial charge in [0, 0.05) is 11.0 Å². The number of alkyl carbamates (subject to hydrolysis) is 1. The second kappa shape index (κ2) is 9.37. The Morgan fingerprint density at radius 2 is 1.63 bits per heavy atom. The van der Waals surface area contributed by atoms with Crippen LogP contribution >= 0.6 is 15.9 Å². The van der Waals surface area contributed by atoms with Crippen LogP contribution in [-0.4, -0.2) is 31.0 Å². The molecule has 0 spiro atoms. The summed E-state index contributed by atoms with van der Waals surface area (Å²) in [4.78, 5) is 12.2. The Bertz CT molecular complexity index is 881. The molecule has 2 aromatic rings. The highest BCUT2D eigenvalue weighted by Gasteiger charge is 2.52. The molecule has 1 N–H and O–H groups in total. The number of nitrogens with one attached hydrogen (secondary N) is 1. The van der Waals surface area contributed by atoms with Gasteiger partial charge in [0.05, 0.1) is 11.2 Å². The number of ether oxygens (including phenoxy) is 1. The summed E-state index contributed by atoms with van der Waals surface area (Å²) in [5, 5.41) is 2.82. The van der Waals surface area contributed by atoms with Gasteiger partial charge in [-0.1, -0.05) is 64.5 Å². The summed E-state index contributed by atoms with van der Waals surface area (Å²) < 4.78 is 18.7. The van der Waals surface area contributed by atoms with E-state index in [0.717, 1.165) is 21.1 Å². The van der Waals surface area contributed by atoms with Gasteiger partial charge in [-0.25, -0.2) is 4.79 Å². The topological polar surface area (TPSA) is 56.8 Å². The predicted molar refractivity (Wildman–Crippen MR) is 123 cm³/mol. The first kappa shape index (κ1) is 22.6. The van der Waals surface area contributed by atoms with Crippen LogP contribution < -0.4 is 5.32 Å². The Hall–Kier alpha value is -2.09. The summed E-state index contributed by atoms with van der Waals surface area (Å²) in [6.45, 7) is 8.49. The van der Waals surface area contributed by atoms with E-state index in [2.05, 4.69) is 21.2 Å². The zero-order valence-corrected chi connectivity index (χ0v) is 19.4. The minimum absolute atomic E-state index is 0.217. The van der Waals surface area contributed by atoms with E-state index in [-0.39, 0.29) is 13.2 Å². The number of hydrogen-bond donors (Lipinski definition) is 1. The highest BCUT2D eigenvalue weighted by Crippen LogP contribution is 2.38. The second-order valence-corrected chi connectivity index (χ2v) is 9.19. The lowest BCUT2D eigenvalue weighted by atomic mass is 9.77. The first-order valence-electron chi connectivity index (χ1n) is 9.92. The molecule has 0 aromatic heterocycles. The smallest absolute Gasteiger partial charge is 0.445 e. The molecule has 0 radical (unpaired) electrons. The minimum Gasteiger partial charge on any atom is -0.445 e. The molecule has 7 heteroatoms. The Balaban J connectivity index is 1.70. The van der Waals surface area contributed by atoms with E-state index < -0.39 is 24.4 Å². The Morgan fingerprint density at radius 3 is 2.23 bits per heavy atom. The van der Waals surface area contributed by atoms with Gasteiger partial charge in [-0.2, -0.15) is 0 Å². The van der Waals surface area contributed by atoms with Crippen LogP contribution in [-0.2, 0) is 20.7 Å². The van der Waals surface area contributed by atoms with Crippen molar-refractivity contribution in [2.24, 2.45) is 0 Å². The van der Waals surface area contributed by atoms with Crippen molar-refractivity contribution >= 4 is 35.2 Å². The predicted octanol–water partition coefficient (Wildman–Crippen LogP) is 5.39. The summed E-state index contributed by atoms with van der Waals surface area (Å²) in [7, 11) is -0.562. The molecule has 0 atom stereocenters. The Labute approximate surface area is 187 Å². The van der Waals surface area contributed by atoms with E-state index in [1.807, 2.05) is 88.4 Å². The normalized spacial score (nSPS) is 17.6. The van der Waals surface area contributed by atoms with Gasteiger partial charge in [0.15, 0.2) is 0 Å². The quantitative estimate of drug-likeness (QED) is 0.573. The van der Waals surface area contributed by atoms with E-state index in [0.29, 0.717) is 0 Å². The van der Waals surface area contributed by atoms with Crippen LogP contribution in [0.3, 0.4) is 0 Å². The standard InChI is InChI=1S/C23H27BBrNO4/c1-22(2)23(3,4)30-24(29-22)19(14-17-10-12-20(25)13-11-17)15-26-21(27)28-16-18-8-6-5-7-9-18/h5-14H,15-16H2,1-4H3,(H,26,27). The van der Waals surface area contributed by atoms with Crippen LogP contribution in [0.4, 0.5) is 4.79 Å². The van der Waals surface area contributed by atoms with Crippen molar-refractivity contribution in [2.75, 3.05) is 6.54 Å². The first-order chi connectivity index (χ1) is 14.2. The zero-order valence-electron chi connectivity index (χ0n) is 17.8. The van der Waals surface area contributed by atoms with Crippen molar-refractivity contribution in [1.82, 2.24) is 5.32 Å². The van der Waals surface area contributed by atoms with Crippen molar-refractivity contribution in [3.05, 3.63) is 75.7 Å². The first-order valence-corrected chi connectivity index (χ1v) is 10.7. The molecule has 158 valence electrons. The van der Waals surface area contributed by atoms with Crippen LogP contribution in [0.25, 0.3) is 6.08 Å². The maximum absolute atomic E-state index is 12.2. The second-order valence-electron chi connectivity index (χ2n) is 8.27. The fourth-order valence-corrected chi connectivity index (χ4v) is 3.18. The molecule has 0 aliphatic carbocycles. The van der Waals surface area contributed by atoms with Crippen LogP contribution in [0.2, 0.25) is 0 Å². The van der Waals surface area contributed by atoms with Crippen molar-refractivity contribution in [2.45, 2.75) is 45.5 Å². The Morgan fingerprint density at radius 1 is 1.03 bits per heavy atom. The maximum atomic E-state index is 12.2. The van der Waals surface area contributed by atoms with Gasteiger partial charge in [0.25, 0.3) is 0 Å². The molecule has 0 saturated carbocycles. The van der Waals surface area contributed by atoms with Gasteiger partial charge >= 0.3 is 13.2 Å². The average molecular weight is 472 g/mol. The molecule has 0 unspecified atom stereocenters. The molecule has 5 nitrogen and oxygen atoms in total. The van der Waals surface area contributed by atoms with Crippen LogP contribution in [0.1, 0.15) is 38.8 Å². The molecule has 1 aliphatic rings. The molecule has 1 saturated heterocycles. The van der Waals surface area contributed by atoms with Crippen molar-refractivity contribution < 1.29 is 18.8 Å². The summed E-state index contributed by atoms with van der Waals surface area (Å²) in [6.07, 6.45) is 1.49. The summed E-state index contributed by atoms with van der Waals surface area (Å²) in [5.41, 5.74) is 1.80. The average Bonchev–Trinajstić information content (AvgIpc) is 2.93. The number of amides is 1. The molecule has 0 bridgehead atoms. The van der Waals surface area contributed by atoms with E-state index in [9.17, 15) is 4.79 Å². The number of carbonyl (C=O) groups excluding carboxylic acids is 1. The molecule has 30 heavy (non-hydrogen) atoms. The van der Waals surface area contributed by atoms with Gasteiger partial charge in [0.1, 0.15) is 6.61 Å². The number of carbonyl (C=O) groups is 1. The monoisotopic (exact) mass is 471 g/mol.